The van der Waals surface area contributed by atoms with Crippen molar-refractivity contribution in [1.29, 1.82) is 0 Å². The van der Waals surface area contributed by atoms with E-state index in [4.69, 9.17) is 27.9 Å². The lowest BCUT2D eigenvalue weighted by Crippen LogP contribution is -2.46. The molecule has 0 bridgehead atoms. The quantitative estimate of drug-likeness (QED) is 0.680. The maximum absolute atomic E-state index is 10.9. The molecule has 0 unspecified atom stereocenters. The summed E-state index contributed by atoms with van der Waals surface area (Å²) in [6.07, 6.45) is -4.38. The van der Waals surface area contributed by atoms with Gasteiger partial charge in [-0.1, -0.05) is 12.2 Å². The molecule has 0 radical (unpaired) electrons. The molecular formula is C10H17F3N2O3S. The Morgan fingerprint density at radius 1 is 1.32 bits per heavy atom. The fraction of sp³-hybridized carbons (Fsp3) is 0.700. The van der Waals surface area contributed by atoms with Gasteiger partial charge in [0, 0.05) is 12.0 Å². The number of carboxylic acids is 1. The topological polar surface area (TPSA) is 92.4 Å². The fourth-order valence-electron chi connectivity index (χ4n) is 1.10. The molecular weight excluding hydrogens is 285 g/mol. The van der Waals surface area contributed by atoms with Gasteiger partial charge in [-0.2, -0.15) is 13.2 Å². The minimum atomic E-state index is -5.08. The molecule has 5 nitrogen and oxygen atoms in total. The van der Waals surface area contributed by atoms with E-state index in [1.54, 1.807) is 0 Å². The Morgan fingerprint density at radius 3 is 1.89 bits per heavy atom. The van der Waals surface area contributed by atoms with E-state index in [0.29, 0.717) is 6.42 Å². The molecule has 0 saturated heterocycles. The number of thiocarbonyl (C=S) groups is 1. The Hall–Kier alpha value is -1.22. The van der Waals surface area contributed by atoms with Gasteiger partial charge in [-0.25, -0.2) is 4.79 Å². The molecule has 112 valence electrons. The van der Waals surface area contributed by atoms with E-state index in [0.717, 1.165) is 4.86 Å². The highest BCUT2D eigenvalue weighted by molar-refractivity contribution is 7.80. The summed E-state index contributed by atoms with van der Waals surface area (Å²) < 4.78 is 31.7. The van der Waals surface area contributed by atoms with Crippen LogP contribution in [0.3, 0.4) is 0 Å². The maximum atomic E-state index is 10.9. The molecule has 0 aliphatic heterocycles. The largest absolute Gasteiger partial charge is 0.490 e. The van der Waals surface area contributed by atoms with Crippen LogP contribution >= 0.6 is 12.2 Å². The van der Waals surface area contributed by atoms with E-state index < -0.39 is 12.1 Å². The number of rotatable bonds is 4. The Kier molecular flexibility index (Phi) is 8.52. The van der Waals surface area contributed by atoms with Gasteiger partial charge < -0.3 is 16.2 Å². The first kappa shape index (κ1) is 20.1. The van der Waals surface area contributed by atoms with Crippen LogP contribution in [0.4, 0.5) is 13.2 Å². The van der Waals surface area contributed by atoms with Gasteiger partial charge in [0.05, 0.1) is 6.54 Å². The predicted octanol–water partition coefficient (Wildman–Crippen LogP) is 1.25. The monoisotopic (exact) mass is 302 g/mol. The van der Waals surface area contributed by atoms with Gasteiger partial charge in [0.1, 0.15) is 0 Å². The Morgan fingerprint density at radius 2 is 1.68 bits per heavy atom. The number of alkyl halides is 3. The first-order chi connectivity index (χ1) is 8.31. The second-order valence-electron chi connectivity index (χ2n) is 4.32. The van der Waals surface area contributed by atoms with Gasteiger partial charge >= 0.3 is 12.1 Å². The molecule has 1 amide bonds. The van der Waals surface area contributed by atoms with Gasteiger partial charge in [-0.05, 0) is 25.6 Å². The summed E-state index contributed by atoms with van der Waals surface area (Å²) in [5.74, 6) is -2.90. The van der Waals surface area contributed by atoms with Crippen LogP contribution in [0.2, 0.25) is 0 Å². The third-order valence-corrected chi connectivity index (χ3v) is 1.74. The Balaban J connectivity index is 0. The molecule has 4 N–H and O–H groups in total. The van der Waals surface area contributed by atoms with Crippen molar-refractivity contribution in [1.82, 2.24) is 5.32 Å². The standard InChI is InChI=1S/C8H16N2OS.C2HF3O2/c1-6(12)4-8(2,3)10-7(11)5-9;3-2(4,5)1(6)7/h4-5,9H2,1-3H3,(H,10,11);(H,6,7). The van der Waals surface area contributed by atoms with Crippen molar-refractivity contribution in [2.24, 2.45) is 5.73 Å². The molecule has 0 aliphatic rings. The lowest BCUT2D eigenvalue weighted by atomic mass is 9.99. The molecule has 0 heterocycles. The van der Waals surface area contributed by atoms with E-state index in [9.17, 15) is 18.0 Å². The molecule has 19 heavy (non-hydrogen) atoms. The molecule has 0 aromatic heterocycles. The molecule has 0 atom stereocenters. The van der Waals surface area contributed by atoms with Crippen LogP contribution in [0, 0.1) is 0 Å². The van der Waals surface area contributed by atoms with E-state index >= 15 is 0 Å². The first-order valence-corrected chi connectivity index (χ1v) is 5.53. The van der Waals surface area contributed by atoms with Crippen molar-refractivity contribution in [2.75, 3.05) is 6.54 Å². The molecule has 0 fully saturated rings. The summed E-state index contributed by atoms with van der Waals surface area (Å²) in [6.45, 7) is 5.75. The summed E-state index contributed by atoms with van der Waals surface area (Å²) in [4.78, 5) is 20.7. The number of amides is 1. The van der Waals surface area contributed by atoms with Crippen molar-refractivity contribution in [3.05, 3.63) is 0 Å². The van der Waals surface area contributed by atoms with Gasteiger partial charge in [-0.15, -0.1) is 0 Å². The van der Waals surface area contributed by atoms with E-state index in [2.05, 4.69) is 5.32 Å². The summed E-state index contributed by atoms with van der Waals surface area (Å²) in [6, 6.07) is 0. The molecule has 0 rings (SSSR count). The second kappa shape index (κ2) is 8.05. The van der Waals surface area contributed by atoms with Gasteiger partial charge in [0.2, 0.25) is 5.91 Å². The summed E-state index contributed by atoms with van der Waals surface area (Å²) >= 11 is 4.95. The van der Waals surface area contributed by atoms with Crippen LogP contribution in [-0.2, 0) is 9.59 Å². The smallest absolute Gasteiger partial charge is 0.475 e. The first-order valence-electron chi connectivity index (χ1n) is 5.12. The highest BCUT2D eigenvalue weighted by Crippen LogP contribution is 2.13. The van der Waals surface area contributed by atoms with Crippen LogP contribution in [0.15, 0.2) is 0 Å². The lowest BCUT2D eigenvalue weighted by Gasteiger charge is -2.25. The molecule has 0 aromatic rings. The second-order valence-corrected chi connectivity index (χ2v) is 5.01. The van der Waals surface area contributed by atoms with Gasteiger partial charge in [0.25, 0.3) is 0 Å². The van der Waals surface area contributed by atoms with Crippen molar-refractivity contribution >= 4 is 29.0 Å². The highest BCUT2D eigenvalue weighted by Gasteiger charge is 2.38. The maximum Gasteiger partial charge on any atom is 0.490 e. The average molecular weight is 302 g/mol. The minimum Gasteiger partial charge on any atom is -0.475 e. The number of hydrogen-bond acceptors (Lipinski definition) is 4. The van der Waals surface area contributed by atoms with Gasteiger partial charge in [0.15, 0.2) is 0 Å². The third kappa shape index (κ3) is 13.0. The summed E-state index contributed by atoms with van der Waals surface area (Å²) in [5.41, 5.74) is 4.89. The van der Waals surface area contributed by atoms with E-state index in [1.165, 1.54) is 0 Å². The number of nitrogens with two attached hydrogens (primary N) is 1. The molecule has 0 saturated carbocycles. The van der Waals surface area contributed by atoms with Crippen molar-refractivity contribution in [3.63, 3.8) is 0 Å². The zero-order valence-electron chi connectivity index (χ0n) is 10.8. The number of carbonyl (C=O) groups excluding carboxylic acids is 1. The fourth-order valence-corrected chi connectivity index (χ4v) is 1.46. The lowest BCUT2D eigenvalue weighted by molar-refractivity contribution is -0.192. The van der Waals surface area contributed by atoms with Crippen LogP contribution in [-0.4, -0.2) is 40.1 Å². The van der Waals surface area contributed by atoms with Crippen LogP contribution in [0.25, 0.3) is 0 Å². The van der Waals surface area contributed by atoms with E-state index in [-0.39, 0.29) is 18.0 Å². The number of aliphatic carboxylic acids is 1. The van der Waals surface area contributed by atoms with Crippen molar-refractivity contribution in [3.8, 4) is 0 Å². The minimum absolute atomic E-state index is 0.0277. The molecule has 0 aliphatic carbocycles. The average Bonchev–Trinajstić information content (AvgIpc) is 2.13. The van der Waals surface area contributed by atoms with Crippen LogP contribution in [0.5, 0.6) is 0 Å². The van der Waals surface area contributed by atoms with E-state index in [1.807, 2.05) is 20.8 Å². The number of carboxylic acid groups (broad SMARTS) is 1. The molecule has 9 heteroatoms. The zero-order valence-corrected chi connectivity index (χ0v) is 11.6. The number of hydrogen-bond donors (Lipinski definition) is 3. The number of halogens is 3. The predicted molar refractivity (Wildman–Crippen MR) is 67.9 cm³/mol. The van der Waals surface area contributed by atoms with Crippen molar-refractivity contribution in [2.45, 2.75) is 38.9 Å². The normalized spacial score (nSPS) is 11.1. The Labute approximate surface area is 114 Å². The summed E-state index contributed by atoms with van der Waals surface area (Å²) in [7, 11) is 0. The number of nitrogens with one attached hydrogen (secondary N) is 1. The van der Waals surface area contributed by atoms with Crippen LogP contribution < -0.4 is 11.1 Å². The Bertz CT molecular complexity index is 343. The molecule has 0 spiro atoms. The van der Waals surface area contributed by atoms with Gasteiger partial charge in [-0.3, -0.25) is 4.79 Å². The summed E-state index contributed by atoms with van der Waals surface area (Å²) in [5, 5.41) is 9.91. The highest BCUT2D eigenvalue weighted by atomic mass is 32.1. The zero-order chi connectivity index (χ0) is 15.9. The number of carbonyl (C=O) groups is 2. The third-order valence-electron chi connectivity index (χ3n) is 1.60. The molecule has 0 aromatic carbocycles. The SMILES string of the molecule is CC(=S)CC(C)(C)NC(=O)CN.O=C(O)C(F)(F)F. The van der Waals surface area contributed by atoms with Crippen LogP contribution in [0.1, 0.15) is 27.2 Å². The van der Waals surface area contributed by atoms with Crippen molar-refractivity contribution < 1.29 is 27.9 Å².